The zero-order valence-electron chi connectivity index (χ0n) is 12.1. The van der Waals surface area contributed by atoms with Crippen LogP contribution in [0, 0.1) is 5.41 Å². The number of hydrogen-bond donors (Lipinski definition) is 3. The maximum absolute atomic E-state index is 12.0. The number of nitrogens with two attached hydrogens (primary N) is 1. The number of carbonyl (C=O) groups is 2. The molecule has 0 atom stereocenters. The fourth-order valence-electron chi connectivity index (χ4n) is 1.89. The molecular weight excluding hydrogens is 266 g/mol. The lowest BCUT2D eigenvalue weighted by molar-refractivity contribution is -0.125. The molecule has 0 spiro atoms. The monoisotopic (exact) mass is 285 g/mol. The van der Waals surface area contributed by atoms with Crippen molar-refractivity contribution in [3.05, 3.63) is 42.5 Å². The van der Waals surface area contributed by atoms with Crippen LogP contribution in [-0.4, -0.2) is 18.5 Å². The Morgan fingerprint density at radius 2 is 1.76 bits per heavy atom. The summed E-state index contributed by atoms with van der Waals surface area (Å²) in [5, 5.41) is 7.47. The van der Waals surface area contributed by atoms with Gasteiger partial charge in [0.15, 0.2) is 0 Å². The van der Waals surface area contributed by atoms with Crippen molar-refractivity contribution in [2.24, 2.45) is 11.1 Å². The van der Waals surface area contributed by atoms with Gasteiger partial charge in [0, 0.05) is 11.9 Å². The van der Waals surface area contributed by atoms with Crippen LogP contribution in [0.15, 0.2) is 42.5 Å². The van der Waals surface area contributed by atoms with Crippen LogP contribution >= 0.6 is 0 Å². The third-order valence-corrected chi connectivity index (χ3v) is 3.40. The fourth-order valence-corrected chi connectivity index (χ4v) is 1.89. The topological polar surface area (TPSA) is 84.2 Å². The predicted molar refractivity (Wildman–Crippen MR) is 83.9 cm³/mol. The Kier molecular flexibility index (Phi) is 4.12. The molecule has 110 valence electrons. The molecule has 0 aliphatic carbocycles. The molecular formula is C16H19N3O2. The molecule has 2 aromatic rings. The number of nitrogens with one attached hydrogen (secondary N) is 2. The van der Waals surface area contributed by atoms with E-state index < -0.39 is 11.3 Å². The number of primary amides is 1. The van der Waals surface area contributed by atoms with Gasteiger partial charge in [-0.2, -0.15) is 0 Å². The Hall–Kier alpha value is -2.56. The summed E-state index contributed by atoms with van der Waals surface area (Å²) in [6, 6.07) is 13.1. The maximum Gasteiger partial charge on any atom is 0.319 e. The molecule has 0 bridgehead atoms. The zero-order valence-corrected chi connectivity index (χ0v) is 12.1. The Morgan fingerprint density at radius 1 is 1.10 bits per heavy atom. The Morgan fingerprint density at radius 3 is 2.48 bits per heavy atom. The molecule has 0 saturated heterocycles. The van der Waals surface area contributed by atoms with Crippen molar-refractivity contribution in [1.82, 2.24) is 5.32 Å². The van der Waals surface area contributed by atoms with Crippen molar-refractivity contribution in [3.63, 3.8) is 0 Å². The first-order valence-electron chi connectivity index (χ1n) is 6.73. The van der Waals surface area contributed by atoms with Crippen molar-refractivity contribution in [3.8, 4) is 0 Å². The standard InChI is InChI=1S/C16H19N3O2/c1-16(2,14(17)20)10-18-15(21)19-13-9-5-7-11-6-3-4-8-12(11)13/h3-9H,10H2,1-2H3,(H2,17,20)(H2,18,19,21). The van der Waals surface area contributed by atoms with Crippen LogP contribution in [0.5, 0.6) is 0 Å². The largest absolute Gasteiger partial charge is 0.369 e. The zero-order chi connectivity index (χ0) is 15.5. The lowest BCUT2D eigenvalue weighted by atomic mass is 9.93. The van der Waals surface area contributed by atoms with Crippen LogP contribution in [-0.2, 0) is 4.79 Å². The van der Waals surface area contributed by atoms with E-state index in [-0.39, 0.29) is 12.6 Å². The molecule has 4 N–H and O–H groups in total. The number of hydrogen-bond acceptors (Lipinski definition) is 2. The minimum atomic E-state index is -0.782. The average molecular weight is 285 g/mol. The van der Waals surface area contributed by atoms with E-state index in [9.17, 15) is 9.59 Å². The Labute approximate surface area is 123 Å². The molecule has 0 heterocycles. The number of amides is 3. The molecule has 0 saturated carbocycles. The summed E-state index contributed by atoms with van der Waals surface area (Å²) in [7, 11) is 0. The van der Waals surface area contributed by atoms with Gasteiger partial charge < -0.3 is 16.4 Å². The van der Waals surface area contributed by atoms with Crippen LogP contribution in [0.1, 0.15) is 13.8 Å². The number of urea groups is 1. The van der Waals surface area contributed by atoms with Crippen LogP contribution in [0.3, 0.4) is 0 Å². The highest BCUT2D eigenvalue weighted by Gasteiger charge is 2.25. The predicted octanol–water partition coefficient (Wildman–Crippen LogP) is 2.47. The second-order valence-corrected chi connectivity index (χ2v) is 5.58. The normalized spacial score (nSPS) is 11.1. The number of rotatable bonds is 4. The molecule has 3 amide bonds. The molecule has 0 radical (unpaired) electrons. The SMILES string of the molecule is CC(C)(CNC(=O)Nc1cccc2ccccc12)C(N)=O. The summed E-state index contributed by atoms with van der Waals surface area (Å²) in [6.07, 6.45) is 0. The second kappa shape index (κ2) is 5.83. The van der Waals surface area contributed by atoms with E-state index in [1.165, 1.54) is 0 Å². The van der Waals surface area contributed by atoms with Crippen molar-refractivity contribution in [2.75, 3.05) is 11.9 Å². The first kappa shape index (κ1) is 14.8. The lowest BCUT2D eigenvalue weighted by Gasteiger charge is -2.21. The summed E-state index contributed by atoms with van der Waals surface area (Å²) in [6.45, 7) is 3.56. The van der Waals surface area contributed by atoms with Crippen LogP contribution < -0.4 is 16.4 Å². The molecule has 0 aromatic heterocycles. The highest BCUT2D eigenvalue weighted by Crippen LogP contribution is 2.22. The molecule has 2 aromatic carbocycles. The highest BCUT2D eigenvalue weighted by molar-refractivity contribution is 6.01. The smallest absolute Gasteiger partial charge is 0.319 e. The van der Waals surface area contributed by atoms with Gasteiger partial charge in [0.2, 0.25) is 5.91 Å². The molecule has 0 aliphatic heterocycles. The quantitative estimate of drug-likeness (QED) is 0.806. The number of fused-ring (bicyclic) bond motifs is 1. The van der Waals surface area contributed by atoms with Gasteiger partial charge in [-0.1, -0.05) is 36.4 Å². The minimum Gasteiger partial charge on any atom is -0.369 e. The molecule has 0 unspecified atom stereocenters. The van der Waals surface area contributed by atoms with E-state index in [0.29, 0.717) is 0 Å². The summed E-state index contributed by atoms with van der Waals surface area (Å²) < 4.78 is 0. The van der Waals surface area contributed by atoms with Crippen molar-refractivity contribution < 1.29 is 9.59 Å². The minimum absolute atomic E-state index is 0.179. The van der Waals surface area contributed by atoms with Gasteiger partial charge in [-0.3, -0.25) is 4.79 Å². The fraction of sp³-hybridized carbons (Fsp3) is 0.250. The van der Waals surface area contributed by atoms with Gasteiger partial charge in [-0.15, -0.1) is 0 Å². The lowest BCUT2D eigenvalue weighted by Crippen LogP contribution is -2.43. The van der Waals surface area contributed by atoms with E-state index in [0.717, 1.165) is 16.5 Å². The maximum atomic E-state index is 12.0. The van der Waals surface area contributed by atoms with Gasteiger partial charge in [-0.25, -0.2) is 4.79 Å². The van der Waals surface area contributed by atoms with E-state index in [1.807, 2.05) is 42.5 Å². The van der Waals surface area contributed by atoms with Gasteiger partial charge in [0.25, 0.3) is 0 Å². The summed E-state index contributed by atoms with van der Waals surface area (Å²) in [5.74, 6) is -0.451. The van der Waals surface area contributed by atoms with Gasteiger partial charge >= 0.3 is 6.03 Å². The number of anilines is 1. The van der Waals surface area contributed by atoms with E-state index >= 15 is 0 Å². The molecule has 2 rings (SSSR count). The molecule has 5 heteroatoms. The molecule has 21 heavy (non-hydrogen) atoms. The Bertz CT molecular complexity index is 675. The Balaban J connectivity index is 2.07. The first-order chi connectivity index (χ1) is 9.90. The van der Waals surface area contributed by atoms with E-state index in [2.05, 4.69) is 10.6 Å². The molecule has 0 fully saturated rings. The molecule has 0 aliphatic rings. The van der Waals surface area contributed by atoms with Crippen LogP contribution in [0.25, 0.3) is 10.8 Å². The van der Waals surface area contributed by atoms with Crippen molar-refractivity contribution in [1.29, 1.82) is 0 Å². The third-order valence-electron chi connectivity index (χ3n) is 3.40. The number of benzene rings is 2. The van der Waals surface area contributed by atoms with E-state index in [4.69, 9.17) is 5.73 Å². The third kappa shape index (κ3) is 3.51. The van der Waals surface area contributed by atoms with Crippen LogP contribution in [0.4, 0.5) is 10.5 Å². The second-order valence-electron chi connectivity index (χ2n) is 5.58. The molecule has 5 nitrogen and oxygen atoms in total. The summed E-state index contributed by atoms with van der Waals surface area (Å²) in [4.78, 5) is 23.2. The van der Waals surface area contributed by atoms with E-state index in [1.54, 1.807) is 13.8 Å². The summed E-state index contributed by atoms with van der Waals surface area (Å²) in [5.41, 5.74) is 5.22. The van der Waals surface area contributed by atoms with Gasteiger partial charge in [0.05, 0.1) is 11.1 Å². The van der Waals surface area contributed by atoms with Crippen molar-refractivity contribution in [2.45, 2.75) is 13.8 Å². The van der Waals surface area contributed by atoms with Gasteiger partial charge in [0.1, 0.15) is 0 Å². The average Bonchev–Trinajstić information content (AvgIpc) is 2.45. The van der Waals surface area contributed by atoms with Crippen molar-refractivity contribution >= 4 is 28.4 Å². The number of carbonyl (C=O) groups excluding carboxylic acids is 2. The highest BCUT2D eigenvalue weighted by atomic mass is 16.2. The van der Waals surface area contributed by atoms with Crippen LogP contribution in [0.2, 0.25) is 0 Å². The van der Waals surface area contributed by atoms with Gasteiger partial charge in [-0.05, 0) is 25.3 Å². The summed E-state index contributed by atoms with van der Waals surface area (Å²) >= 11 is 0. The first-order valence-corrected chi connectivity index (χ1v) is 6.73.